The van der Waals surface area contributed by atoms with Crippen molar-refractivity contribution in [3.63, 3.8) is 0 Å². The van der Waals surface area contributed by atoms with E-state index >= 15 is 0 Å². The molecular weight excluding hydrogens is 348 g/mol. The van der Waals surface area contributed by atoms with E-state index in [1.54, 1.807) is 5.57 Å². The fourth-order valence-electron chi connectivity index (χ4n) is 7.42. The van der Waals surface area contributed by atoms with Crippen LogP contribution in [-0.2, 0) is 16.0 Å². The number of hydrogen-bond donors (Lipinski definition) is 1. The predicted molar refractivity (Wildman–Crippen MR) is 109 cm³/mol. The normalized spacial score (nSPS) is 40.6. The van der Waals surface area contributed by atoms with Gasteiger partial charge in [0.15, 0.2) is 0 Å². The third-order valence-electron chi connectivity index (χ3n) is 9.12. The van der Waals surface area contributed by atoms with Crippen LogP contribution in [-0.4, -0.2) is 21.8 Å². The van der Waals surface area contributed by atoms with Gasteiger partial charge in [0.05, 0.1) is 11.9 Å². The number of fused-ring (bicyclic) bond motifs is 6. The lowest BCUT2D eigenvalue weighted by Crippen LogP contribution is -2.50. The number of aromatic nitrogens is 2. The molecule has 4 aliphatic rings. The van der Waals surface area contributed by atoms with Gasteiger partial charge in [-0.3, -0.25) is 9.89 Å². The van der Waals surface area contributed by atoms with E-state index < -0.39 is 0 Å². The summed E-state index contributed by atoms with van der Waals surface area (Å²) in [5.41, 5.74) is 4.00. The Kier molecular flexibility index (Phi) is 4.09. The molecule has 0 spiro atoms. The van der Waals surface area contributed by atoms with Crippen molar-refractivity contribution >= 4 is 12.0 Å². The standard InChI is InChI=1S/C24H34N2O2/c1-5-22(27)28-24(4)20-9-8-16-17(19(20)12-23(24,2)3)7-6-14-11-21-15(10-18(14)16)13-25-26-21/h11,13,16-20H,5-10,12H2,1-4H3,(H,25,26). The molecule has 1 aromatic rings. The molecule has 0 radical (unpaired) electrons. The van der Waals surface area contributed by atoms with Crippen molar-refractivity contribution in [2.24, 2.45) is 35.0 Å². The maximum Gasteiger partial charge on any atom is 0.306 e. The summed E-state index contributed by atoms with van der Waals surface area (Å²) in [6, 6.07) is 0. The predicted octanol–water partition coefficient (Wildman–Crippen LogP) is 5.16. The van der Waals surface area contributed by atoms with Gasteiger partial charge in [0, 0.05) is 17.8 Å². The molecule has 1 heterocycles. The maximum atomic E-state index is 12.3. The quantitative estimate of drug-likeness (QED) is 0.719. The molecule has 1 aromatic heterocycles. The van der Waals surface area contributed by atoms with Crippen LogP contribution < -0.4 is 0 Å². The summed E-state index contributed by atoms with van der Waals surface area (Å²) < 4.78 is 6.19. The number of allylic oxidation sites excluding steroid dienone is 1. The number of nitrogens with one attached hydrogen (secondary N) is 1. The lowest BCUT2D eigenvalue weighted by Gasteiger charge is -2.51. The minimum absolute atomic E-state index is 0.0352. The Morgan fingerprint density at radius 3 is 2.82 bits per heavy atom. The fraction of sp³-hybridized carbons (Fsp3) is 0.750. The molecule has 5 rings (SSSR count). The first-order chi connectivity index (χ1) is 13.3. The molecule has 3 fully saturated rings. The van der Waals surface area contributed by atoms with Crippen LogP contribution in [0.15, 0.2) is 11.8 Å². The minimum atomic E-state index is -0.323. The molecule has 4 aliphatic carbocycles. The molecule has 6 atom stereocenters. The molecule has 1 N–H and O–H groups in total. The van der Waals surface area contributed by atoms with Gasteiger partial charge in [-0.15, -0.1) is 0 Å². The van der Waals surface area contributed by atoms with Gasteiger partial charge in [0.2, 0.25) is 0 Å². The largest absolute Gasteiger partial charge is 0.458 e. The van der Waals surface area contributed by atoms with Crippen LogP contribution in [0.2, 0.25) is 0 Å². The Labute approximate surface area is 168 Å². The number of H-pyrrole nitrogens is 1. The van der Waals surface area contributed by atoms with Crippen molar-refractivity contribution in [1.29, 1.82) is 0 Å². The van der Waals surface area contributed by atoms with Crippen molar-refractivity contribution in [3.8, 4) is 0 Å². The fourth-order valence-corrected chi connectivity index (χ4v) is 7.42. The number of hydrogen-bond acceptors (Lipinski definition) is 3. The van der Waals surface area contributed by atoms with Crippen LogP contribution in [0, 0.1) is 35.0 Å². The van der Waals surface area contributed by atoms with E-state index in [0.717, 1.165) is 18.3 Å². The Balaban J connectivity index is 1.43. The highest BCUT2D eigenvalue weighted by molar-refractivity contribution is 5.69. The van der Waals surface area contributed by atoms with Crippen LogP contribution >= 0.6 is 0 Å². The first kappa shape index (κ1) is 18.4. The van der Waals surface area contributed by atoms with E-state index in [2.05, 4.69) is 37.0 Å². The molecule has 0 saturated heterocycles. The number of carbonyl (C=O) groups excluding carboxylic acids is 1. The molecule has 0 aromatic carbocycles. The smallest absolute Gasteiger partial charge is 0.306 e. The number of ether oxygens (including phenoxy) is 1. The Bertz CT molecular complexity index is 822. The highest BCUT2D eigenvalue weighted by atomic mass is 16.6. The van der Waals surface area contributed by atoms with Gasteiger partial charge in [0.1, 0.15) is 5.60 Å². The van der Waals surface area contributed by atoms with E-state index in [9.17, 15) is 4.79 Å². The zero-order chi connectivity index (χ0) is 19.7. The minimum Gasteiger partial charge on any atom is -0.458 e. The summed E-state index contributed by atoms with van der Waals surface area (Å²) in [4.78, 5) is 12.3. The third-order valence-corrected chi connectivity index (χ3v) is 9.12. The second kappa shape index (κ2) is 6.21. The lowest BCUT2D eigenvalue weighted by molar-refractivity contribution is -0.177. The first-order valence-electron chi connectivity index (χ1n) is 11.3. The number of aromatic amines is 1. The third kappa shape index (κ3) is 2.48. The first-order valence-corrected chi connectivity index (χ1v) is 11.3. The zero-order valence-corrected chi connectivity index (χ0v) is 17.8. The van der Waals surface area contributed by atoms with Gasteiger partial charge in [-0.2, -0.15) is 5.10 Å². The summed E-state index contributed by atoms with van der Waals surface area (Å²) >= 11 is 0. The number of rotatable bonds is 2. The number of nitrogens with zero attached hydrogens (tertiary/aromatic N) is 1. The Morgan fingerprint density at radius 2 is 2.04 bits per heavy atom. The number of esters is 1. The summed E-state index contributed by atoms with van der Waals surface area (Å²) in [5.74, 6) is 3.42. The van der Waals surface area contributed by atoms with Crippen molar-refractivity contribution in [2.45, 2.75) is 78.2 Å². The van der Waals surface area contributed by atoms with Crippen molar-refractivity contribution in [2.75, 3.05) is 0 Å². The molecule has 4 nitrogen and oxygen atoms in total. The van der Waals surface area contributed by atoms with Crippen molar-refractivity contribution < 1.29 is 9.53 Å². The van der Waals surface area contributed by atoms with E-state index in [-0.39, 0.29) is 17.0 Å². The molecular formula is C24H34N2O2. The molecule has 6 unspecified atom stereocenters. The van der Waals surface area contributed by atoms with Gasteiger partial charge >= 0.3 is 5.97 Å². The van der Waals surface area contributed by atoms with E-state index in [4.69, 9.17) is 4.74 Å². The summed E-state index contributed by atoms with van der Waals surface area (Å²) in [6.07, 6.45) is 12.2. The molecule has 152 valence electrons. The molecule has 0 bridgehead atoms. The Morgan fingerprint density at radius 1 is 1.21 bits per heavy atom. The summed E-state index contributed by atoms with van der Waals surface area (Å²) in [6.45, 7) is 8.80. The second-order valence-corrected chi connectivity index (χ2v) is 10.6. The van der Waals surface area contributed by atoms with Crippen molar-refractivity contribution in [3.05, 3.63) is 23.0 Å². The van der Waals surface area contributed by atoms with Crippen LogP contribution in [0.5, 0.6) is 0 Å². The van der Waals surface area contributed by atoms with Crippen LogP contribution in [0.25, 0.3) is 6.08 Å². The van der Waals surface area contributed by atoms with Gasteiger partial charge < -0.3 is 4.74 Å². The van der Waals surface area contributed by atoms with Crippen LogP contribution in [0.1, 0.15) is 77.5 Å². The Hall–Kier alpha value is -1.58. The van der Waals surface area contributed by atoms with Gasteiger partial charge in [-0.1, -0.05) is 26.3 Å². The van der Waals surface area contributed by atoms with Crippen LogP contribution in [0.4, 0.5) is 0 Å². The van der Waals surface area contributed by atoms with Gasteiger partial charge in [0.25, 0.3) is 0 Å². The summed E-state index contributed by atoms with van der Waals surface area (Å²) in [7, 11) is 0. The molecule has 0 aliphatic heterocycles. The zero-order valence-electron chi connectivity index (χ0n) is 17.8. The van der Waals surface area contributed by atoms with Gasteiger partial charge in [-0.05, 0) is 80.8 Å². The molecule has 0 amide bonds. The molecule has 4 heteroatoms. The SMILES string of the molecule is CCC(=O)OC1(C)C2CCC3C4Cc5cn[nH]c5C=C4CCC3C2CC1(C)C. The average Bonchev–Trinajstić information content (AvgIpc) is 3.19. The maximum absolute atomic E-state index is 12.3. The van der Waals surface area contributed by atoms with E-state index in [1.807, 2.05) is 13.1 Å². The summed E-state index contributed by atoms with van der Waals surface area (Å²) in [5, 5.41) is 7.44. The number of carbonyl (C=O) groups is 1. The topological polar surface area (TPSA) is 55.0 Å². The van der Waals surface area contributed by atoms with Crippen LogP contribution in [0.3, 0.4) is 0 Å². The van der Waals surface area contributed by atoms with Gasteiger partial charge in [-0.25, -0.2) is 0 Å². The van der Waals surface area contributed by atoms with E-state index in [0.29, 0.717) is 24.2 Å². The monoisotopic (exact) mass is 382 g/mol. The highest BCUT2D eigenvalue weighted by Crippen LogP contribution is 2.65. The lowest BCUT2D eigenvalue weighted by atomic mass is 9.55. The van der Waals surface area contributed by atoms with Crippen molar-refractivity contribution in [1.82, 2.24) is 10.2 Å². The van der Waals surface area contributed by atoms with E-state index in [1.165, 1.54) is 43.4 Å². The molecule has 3 saturated carbocycles. The molecule has 28 heavy (non-hydrogen) atoms. The second-order valence-electron chi connectivity index (χ2n) is 10.6. The highest BCUT2D eigenvalue weighted by Gasteiger charge is 2.63. The average molecular weight is 383 g/mol.